The molecule has 1 N–H and O–H groups in total. The number of fused-ring (bicyclic) bond motifs is 1. The van der Waals surface area contributed by atoms with Crippen molar-refractivity contribution < 1.29 is 9.53 Å². The fourth-order valence-corrected chi connectivity index (χ4v) is 2.64. The van der Waals surface area contributed by atoms with Crippen molar-refractivity contribution in [3.63, 3.8) is 0 Å². The zero-order chi connectivity index (χ0) is 11.8. The molecule has 92 valence electrons. The van der Waals surface area contributed by atoms with Crippen molar-refractivity contribution in [2.75, 3.05) is 13.1 Å². The first-order valence-electron chi connectivity index (χ1n) is 6.20. The minimum Gasteiger partial charge on any atom is -0.444 e. The van der Waals surface area contributed by atoms with Gasteiger partial charge < -0.3 is 15.0 Å². The highest BCUT2D eigenvalue weighted by molar-refractivity contribution is 5.69. The summed E-state index contributed by atoms with van der Waals surface area (Å²) in [6, 6.07) is 0.838. The van der Waals surface area contributed by atoms with Gasteiger partial charge in [0.15, 0.2) is 0 Å². The topological polar surface area (TPSA) is 41.6 Å². The van der Waals surface area contributed by atoms with Crippen molar-refractivity contribution in [3.05, 3.63) is 0 Å². The van der Waals surface area contributed by atoms with E-state index in [1.54, 1.807) is 0 Å². The maximum Gasteiger partial charge on any atom is 0.410 e. The number of hydrogen-bond acceptors (Lipinski definition) is 3. The standard InChI is InChI=1S/C12H22N2O2/c1-12(2,3)16-11(15)14-8-7-13-9-5-4-6-10(9)14/h9-10,13H,4-8H2,1-3H3. The number of hydrogen-bond donors (Lipinski definition) is 1. The molecule has 0 radical (unpaired) electrons. The lowest BCUT2D eigenvalue weighted by atomic mass is 10.1. The van der Waals surface area contributed by atoms with E-state index < -0.39 is 5.60 Å². The Balaban J connectivity index is 2.00. The van der Waals surface area contributed by atoms with Crippen LogP contribution in [0.2, 0.25) is 0 Å². The maximum absolute atomic E-state index is 12.0. The minimum absolute atomic E-state index is 0.147. The predicted molar refractivity (Wildman–Crippen MR) is 62.4 cm³/mol. The molecule has 0 aromatic heterocycles. The Morgan fingerprint density at radius 1 is 1.38 bits per heavy atom. The molecular formula is C12H22N2O2. The first-order chi connectivity index (χ1) is 7.47. The van der Waals surface area contributed by atoms with E-state index in [0.29, 0.717) is 12.1 Å². The highest BCUT2D eigenvalue weighted by atomic mass is 16.6. The molecule has 2 unspecified atom stereocenters. The van der Waals surface area contributed by atoms with Crippen LogP contribution in [0.4, 0.5) is 4.79 Å². The van der Waals surface area contributed by atoms with Crippen LogP contribution in [0.3, 0.4) is 0 Å². The molecule has 0 aromatic carbocycles. The van der Waals surface area contributed by atoms with Gasteiger partial charge in [-0.25, -0.2) is 4.79 Å². The lowest BCUT2D eigenvalue weighted by Gasteiger charge is -2.39. The quantitative estimate of drug-likeness (QED) is 0.684. The van der Waals surface area contributed by atoms with Gasteiger partial charge in [0, 0.05) is 19.1 Å². The summed E-state index contributed by atoms with van der Waals surface area (Å²) >= 11 is 0. The number of carbonyl (C=O) groups excluding carboxylic acids is 1. The monoisotopic (exact) mass is 226 g/mol. The Hall–Kier alpha value is -0.770. The zero-order valence-corrected chi connectivity index (χ0v) is 10.5. The van der Waals surface area contributed by atoms with Gasteiger partial charge in [0.2, 0.25) is 0 Å². The van der Waals surface area contributed by atoms with Crippen LogP contribution in [0, 0.1) is 0 Å². The Morgan fingerprint density at radius 3 is 2.81 bits per heavy atom. The van der Waals surface area contributed by atoms with Crippen molar-refractivity contribution in [2.45, 2.75) is 57.7 Å². The number of nitrogens with zero attached hydrogens (tertiary/aromatic N) is 1. The van der Waals surface area contributed by atoms with Crippen molar-refractivity contribution in [3.8, 4) is 0 Å². The second-order valence-electron chi connectivity index (χ2n) is 5.73. The molecule has 0 aromatic rings. The van der Waals surface area contributed by atoms with E-state index in [-0.39, 0.29) is 6.09 Å². The van der Waals surface area contributed by atoms with Crippen LogP contribution in [0.25, 0.3) is 0 Å². The lowest BCUT2D eigenvalue weighted by Crippen LogP contribution is -2.57. The third-order valence-electron chi connectivity index (χ3n) is 3.27. The van der Waals surface area contributed by atoms with Gasteiger partial charge in [0.05, 0.1) is 6.04 Å². The Kier molecular flexibility index (Phi) is 3.10. The van der Waals surface area contributed by atoms with Crippen LogP contribution in [0.1, 0.15) is 40.0 Å². The molecule has 2 fully saturated rings. The van der Waals surface area contributed by atoms with E-state index >= 15 is 0 Å². The van der Waals surface area contributed by atoms with E-state index in [2.05, 4.69) is 5.32 Å². The molecule has 1 amide bonds. The Labute approximate surface area is 97.3 Å². The lowest BCUT2D eigenvalue weighted by molar-refractivity contribution is 0.00882. The van der Waals surface area contributed by atoms with E-state index in [9.17, 15) is 4.79 Å². The smallest absolute Gasteiger partial charge is 0.410 e. The van der Waals surface area contributed by atoms with Gasteiger partial charge in [0.1, 0.15) is 5.60 Å². The molecule has 1 aliphatic carbocycles. The van der Waals surface area contributed by atoms with Gasteiger partial charge in [-0.1, -0.05) is 0 Å². The molecule has 0 spiro atoms. The number of piperazine rings is 1. The fourth-order valence-electron chi connectivity index (χ4n) is 2.64. The molecule has 1 heterocycles. The number of carbonyl (C=O) groups is 1. The van der Waals surface area contributed by atoms with E-state index in [0.717, 1.165) is 19.5 Å². The second kappa shape index (κ2) is 4.24. The molecule has 1 saturated carbocycles. The summed E-state index contributed by atoms with van der Waals surface area (Å²) in [7, 11) is 0. The first-order valence-corrected chi connectivity index (χ1v) is 6.20. The number of ether oxygens (including phenoxy) is 1. The zero-order valence-electron chi connectivity index (χ0n) is 10.5. The Morgan fingerprint density at radius 2 is 2.12 bits per heavy atom. The van der Waals surface area contributed by atoms with Gasteiger partial charge >= 0.3 is 6.09 Å². The number of amides is 1. The van der Waals surface area contributed by atoms with Gasteiger partial charge in [-0.15, -0.1) is 0 Å². The van der Waals surface area contributed by atoms with Crippen LogP contribution in [-0.2, 0) is 4.74 Å². The third-order valence-corrected chi connectivity index (χ3v) is 3.27. The van der Waals surface area contributed by atoms with Crippen molar-refractivity contribution >= 4 is 6.09 Å². The molecule has 2 rings (SSSR count). The summed E-state index contributed by atoms with van der Waals surface area (Å²) in [6.45, 7) is 7.41. The summed E-state index contributed by atoms with van der Waals surface area (Å²) in [5.74, 6) is 0. The van der Waals surface area contributed by atoms with E-state index in [1.807, 2.05) is 25.7 Å². The number of nitrogens with one attached hydrogen (secondary N) is 1. The first kappa shape index (κ1) is 11.7. The third kappa shape index (κ3) is 2.48. The summed E-state index contributed by atoms with van der Waals surface area (Å²) < 4.78 is 5.44. The molecule has 2 aliphatic rings. The SMILES string of the molecule is CC(C)(C)OC(=O)N1CCNC2CCCC21. The van der Waals surface area contributed by atoms with Gasteiger partial charge in [-0.2, -0.15) is 0 Å². The molecule has 1 aliphatic heterocycles. The van der Waals surface area contributed by atoms with Crippen LogP contribution >= 0.6 is 0 Å². The molecule has 1 saturated heterocycles. The maximum atomic E-state index is 12.0. The highest BCUT2D eigenvalue weighted by Gasteiger charge is 2.38. The van der Waals surface area contributed by atoms with Crippen molar-refractivity contribution in [2.24, 2.45) is 0 Å². The average Bonchev–Trinajstić information content (AvgIpc) is 2.61. The minimum atomic E-state index is -0.393. The highest BCUT2D eigenvalue weighted by Crippen LogP contribution is 2.27. The molecule has 2 atom stereocenters. The molecule has 4 heteroatoms. The van der Waals surface area contributed by atoms with Crippen molar-refractivity contribution in [1.29, 1.82) is 0 Å². The van der Waals surface area contributed by atoms with Gasteiger partial charge in [-0.05, 0) is 40.0 Å². The normalized spacial score (nSPS) is 30.1. The fraction of sp³-hybridized carbons (Fsp3) is 0.917. The van der Waals surface area contributed by atoms with Gasteiger partial charge in [-0.3, -0.25) is 0 Å². The molecule has 16 heavy (non-hydrogen) atoms. The van der Waals surface area contributed by atoms with E-state index in [4.69, 9.17) is 4.74 Å². The largest absolute Gasteiger partial charge is 0.444 e. The summed E-state index contributed by atoms with van der Waals surface area (Å²) in [5, 5.41) is 3.48. The number of rotatable bonds is 0. The van der Waals surface area contributed by atoms with Gasteiger partial charge in [0.25, 0.3) is 0 Å². The average molecular weight is 226 g/mol. The molecule has 4 nitrogen and oxygen atoms in total. The summed E-state index contributed by atoms with van der Waals surface area (Å²) in [6.07, 6.45) is 3.36. The van der Waals surface area contributed by atoms with Crippen LogP contribution in [0.15, 0.2) is 0 Å². The van der Waals surface area contributed by atoms with E-state index in [1.165, 1.54) is 12.8 Å². The second-order valence-corrected chi connectivity index (χ2v) is 5.73. The summed E-state index contributed by atoms with van der Waals surface area (Å²) in [4.78, 5) is 13.9. The Bertz CT molecular complexity index is 273. The van der Waals surface area contributed by atoms with Crippen LogP contribution < -0.4 is 5.32 Å². The predicted octanol–water partition coefficient (Wildman–Crippen LogP) is 1.75. The summed E-state index contributed by atoms with van der Waals surface area (Å²) in [5.41, 5.74) is -0.393. The van der Waals surface area contributed by atoms with Crippen LogP contribution in [-0.4, -0.2) is 41.8 Å². The van der Waals surface area contributed by atoms with Crippen LogP contribution in [0.5, 0.6) is 0 Å². The van der Waals surface area contributed by atoms with Crippen molar-refractivity contribution in [1.82, 2.24) is 10.2 Å². The molecule has 0 bridgehead atoms. The molecular weight excluding hydrogens is 204 g/mol.